The van der Waals surface area contributed by atoms with Gasteiger partial charge in [-0.05, 0) is 44.0 Å². The van der Waals surface area contributed by atoms with E-state index in [2.05, 4.69) is 9.71 Å². The summed E-state index contributed by atoms with van der Waals surface area (Å²) in [7, 11) is -3.75. The van der Waals surface area contributed by atoms with Gasteiger partial charge in [-0.2, -0.15) is 0 Å². The van der Waals surface area contributed by atoms with Crippen LogP contribution in [0.3, 0.4) is 0 Å². The molecule has 1 aromatic carbocycles. The number of hydrogen-bond donors (Lipinski definition) is 1. The molecule has 4 nitrogen and oxygen atoms in total. The SMILES string of the molecule is Cc1cc(C)c(NS(=O)(=O)c2cccnc2Cl)c(C)c1. The van der Waals surface area contributed by atoms with Crippen molar-refractivity contribution < 1.29 is 8.42 Å². The first-order valence-corrected chi connectivity index (χ1v) is 7.88. The maximum Gasteiger partial charge on any atom is 0.264 e. The summed E-state index contributed by atoms with van der Waals surface area (Å²) in [5, 5.41) is -0.0394. The number of nitrogens with one attached hydrogen (secondary N) is 1. The van der Waals surface area contributed by atoms with Gasteiger partial charge in [0.05, 0.1) is 5.69 Å². The Kier molecular flexibility index (Phi) is 4.01. The van der Waals surface area contributed by atoms with Gasteiger partial charge < -0.3 is 0 Å². The number of anilines is 1. The lowest BCUT2D eigenvalue weighted by molar-refractivity contribution is 0.601. The van der Waals surface area contributed by atoms with Crippen LogP contribution in [0.25, 0.3) is 0 Å². The summed E-state index contributed by atoms with van der Waals surface area (Å²) in [5.41, 5.74) is 3.40. The van der Waals surface area contributed by atoms with Crippen molar-refractivity contribution in [1.29, 1.82) is 0 Å². The number of rotatable bonds is 3. The van der Waals surface area contributed by atoms with E-state index in [1.165, 1.54) is 18.3 Å². The Morgan fingerprint density at radius 2 is 1.75 bits per heavy atom. The van der Waals surface area contributed by atoms with Crippen LogP contribution in [0.15, 0.2) is 35.4 Å². The Morgan fingerprint density at radius 1 is 1.15 bits per heavy atom. The van der Waals surface area contributed by atoms with Gasteiger partial charge in [0.15, 0.2) is 0 Å². The summed E-state index contributed by atoms with van der Waals surface area (Å²) in [5.74, 6) is 0. The topological polar surface area (TPSA) is 59.1 Å². The average molecular weight is 311 g/mol. The molecule has 0 amide bonds. The number of benzene rings is 1. The number of aryl methyl sites for hydroxylation is 3. The molecule has 0 aliphatic carbocycles. The van der Waals surface area contributed by atoms with Crippen molar-refractivity contribution in [3.63, 3.8) is 0 Å². The molecule has 0 unspecified atom stereocenters. The van der Waals surface area contributed by atoms with Crippen LogP contribution in [-0.4, -0.2) is 13.4 Å². The van der Waals surface area contributed by atoms with Gasteiger partial charge in [-0.25, -0.2) is 13.4 Å². The molecule has 6 heteroatoms. The standard InChI is InChI=1S/C14H15ClN2O2S/c1-9-7-10(2)13(11(3)8-9)17-20(18,19)12-5-4-6-16-14(12)15/h4-8,17H,1-3H3. The summed E-state index contributed by atoms with van der Waals surface area (Å²) < 4.78 is 27.3. The summed E-state index contributed by atoms with van der Waals surface area (Å²) in [6.07, 6.45) is 1.45. The van der Waals surface area contributed by atoms with Gasteiger partial charge in [0, 0.05) is 6.20 Å². The molecule has 0 saturated heterocycles. The van der Waals surface area contributed by atoms with Crippen LogP contribution < -0.4 is 4.72 Å². The molecule has 0 radical (unpaired) electrons. The summed E-state index contributed by atoms with van der Waals surface area (Å²) >= 11 is 5.85. The van der Waals surface area contributed by atoms with Crippen LogP contribution in [0, 0.1) is 20.8 Å². The summed E-state index contributed by atoms with van der Waals surface area (Å²) in [6, 6.07) is 6.82. The van der Waals surface area contributed by atoms with Crippen LogP contribution in [0.2, 0.25) is 5.15 Å². The summed E-state index contributed by atoms with van der Waals surface area (Å²) in [6.45, 7) is 5.70. The highest BCUT2D eigenvalue weighted by atomic mass is 35.5. The van der Waals surface area contributed by atoms with Gasteiger partial charge in [0.2, 0.25) is 0 Å². The van der Waals surface area contributed by atoms with E-state index >= 15 is 0 Å². The first-order valence-electron chi connectivity index (χ1n) is 6.02. The molecule has 106 valence electrons. The van der Waals surface area contributed by atoms with E-state index in [0.717, 1.165) is 16.7 Å². The van der Waals surface area contributed by atoms with Crippen molar-refractivity contribution in [2.45, 2.75) is 25.7 Å². The predicted molar refractivity (Wildman–Crippen MR) is 80.7 cm³/mol. The van der Waals surface area contributed by atoms with Crippen LogP contribution in [0.1, 0.15) is 16.7 Å². The first kappa shape index (κ1) is 14.8. The normalized spacial score (nSPS) is 11.4. The minimum atomic E-state index is -3.75. The molecule has 2 rings (SSSR count). The molecule has 1 aromatic heterocycles. The van der Waals surface area contributed by atoms with E-state index in [-0.39, 0.29) is 10.0 Å². The molecule has 0 aliphatic heterocycles. The number of nitrogens with zero attached hydrogens (tertiary/aromatic N) is 1. The van der Waals surface area contributed by atoms with Crippen molar-refractivity contribution in [2.24, 2.45) is 0 Å². The average Bonchev–Trinajstić information content (AvgIpc) is 2.34. The van der Waals surface area contributed by atoms with Crippen molar-refractivity contribution >= 4 is 27.3 Å². The smallest absolute Gasteiger partial charge is 0.264 e. The zero-order valence-corrected chi connectivity index (χ0v) is 13.0. The van der Waals surface area contributed by atoms with E-state index in [9.17, 15) is 8.42 Å². The number of hydrogen-bond acceptors (Lipinski definition) is 3. The van der Waals surface area contributed by atoms with Crippen molar-refractivity contribution in [3.8, 4) is 0 Å². The molecule has 20 heavy (non-hydrogen) atoms. The minimum absolute atomic E-state index is 0.0268. The first-order chi connectivity index (χ1) is 9.31. The van der Waals surface area contributed by atoms with Gasteiger partial charge in [0.25, 0.3) is 10.0 Å². The van der Waals surface area contributed by atoms with E-state index in [0.29, 0.717) is 5.69 Å². The fraction of sp³-hybridized carbons (Fsp3) is 0.214. The Morgan fingerprint density at radius 3 is 2.30 bits per heavy atom. The maximum atomic E-state index is 12.4. The lowest BCUT2D eigenvalue weighted by atomic mass is 10.1. The number of aromatic nitrogens is 1. The van der Waals surface area contributed by atoms with Crippen LogP contribution in [-0.2, 0) is 10.0 Å². The van der Waals surface area contributed by atoms with Gasteiger partial charge >= 0.3 is 0 Å². The second kappa shape index (κ2) is 5.42. The Labute approximate surface area is 123 Å². The molecule has 0 spiro atoms. The van der Waals surface area contributed by atoms with E-state index in [4.69, 9.17) is 11.6 Å². The molecule has 0 atom stereocenters. The van der Waals surface area contributed by atoms with E-state index < -0.39 is 10.0 Å². The second-order valence-electron chi connectivity index (χ2n) is 4.67. The maximum absolute atomic E-state index is 12.4. The molecule has 1 heterocycles. The van der Waals surface area contributed by atoms with Gasteiger partial charge in [0.1, 0.15) is 10.0 Å². The molecule has 1 N–H and O–H groups in total. The third kappa shape index (κ3) is 2.94. The molecule has 0 fully saturated rings. The third-order valence-corrected chi connectivity index (χ3v) is 4.72. The Balaban J connectivity index is 2.47. The largest absolute Gasteiger partial charge is 0.279 e. The zero-order chi connectivity index (χ0) is 14.9. The molecule has 2 aromatic rings. The molecule has 0 bridgehead atoms. The lowest BCUT2D eigenvalue weighted by Gasteiger charge is -2.14. The van der Waals surface area contributed by atoms with Crippen LogP contribution >= 0.6 is 11.6 Å². The monoisotopic (exact) mass is 310 g/mol. The van der Waals surface area contributed by atoms with Crippen LogP contribution in [0.4, 0.5) is 5.69 Å². The van der Waals surface area contributed by atoms with E-state index in [1.807, 2.05) is 32.9 Å². The van der Waals surface area contributed by atoms with Gasteiger partial charge in [-0.1, -0.05) is 29.3 Å². The third-order valence-electron chi connectivity index (χ3n) is 2.93. The number of pyridine rings is 1. The molecular formula is C14H15ClN2O2S. The van der Waals surface area contributed by atoms with Gasteiger partial charge in [-0.15, -0.1) is 0 Å². The molecular weight excluding hydrogens is 296 g/mol. The molecule has 0 aliphatic rings. The Hall–Kier alpha value is -1.59. The van der Waals surface area contributed by atoms with Crippen molar-refractivity contribution in [1.82, 2.24) is 4.98 Å². The number of halogens is 1. The highest BCUT2D eigenvalue weighted by Gasteiger charge is 2.20. The highest BCUT2D eigenvalue weighted by Crippen LogP contribution is 2.26. The van der Waals surface area contributed by atoms with Gasteiger partial charge in [-0.3, -0.25) is 4.72 Å². The summed E-state index contributed by atoms with van der Waals surface area (Å²) in [4.78, 5) is 3.77. The highest BCUT2D eigenvalue weighted by molar-refractivity contribution is 7.92. The predicted octanol–water partition coefficient (Wildman–Crippen LogP) is 3.46. The minimum Gasteiger partial charge on any atom is -0.279 e. The zero-order valence-electron chi connectivity index (χ0n) is 11.4. The van der Waals surface area contributed by atoms with Crippen molar-refractivity contribution in [3.05, 3.63) is 52.3 Å². The second-order valence-corrected chi connectivity index (χ2v) is 6.68. The lowest BCUT2D eigenvalue weighted by Crippen LogP contribution is -2.15. The fourth-order valence-electron chi connectivity index (χ4n) is 2.10. The van der Waals surface area contributed by atoms with E-state index in [1.54, 1.807) is 0 Å². The molecule has 0 saturated carbocycles. The fourth-order valence-corrected chi connectivity index (χ4v) is 3.76. The number of sulfonamides is 1. The van der Waals surface area contributed by atoms with Crippen molar-refractivity contribution in [2.75, 3.05) is 4.72 Å². The quantitative estimate of drug-likeness (QED) is 0.883. The Bertz CT molecular complexity index is 735. The van der Waals surface area contributed by atoms with Crippen LogP contribution in [0.5, 0.6) is 0 Å².